The molecule has 144 valence electrons. The van der Waals surface area contributed by atoms with Gasteiger partial charge in [-0.15, -0.1) is 0 Å². The fourth-order valence-corrected chi connectivity index (χ4v) is 4.27. The van der Waals surface area contributed by atoms with Gasteiger partial charge in [-0.1, -0.05) is 6.92 Å². The van der Waals surface area contributed by atoms with Crippen LogP contribution < -0.4 is 10.6 Å². The van der Waals surface area contributed by atoms with Crippen LogP contribution in [0.25, 0.3) is 0 Å². The summed E-state index contributed by atoms with van der Waals surface area (Å²) in [6.45, 7) is 4.90. The number of rotatable bonds is 7. The fraction of sp³-hybridized carbons (Fsp3) is 0.562. The van der Waals surface area contributed by atoms with Crippen LogP contribution in [0.15, 0.2) is 23.1 Å². The lowest BCUT2D eigenvalue weighted by molar-refractivity contribution is -0.384. The number of sulfonamides is 1. The molecule has 2 rings (SSSR count). The van der Waals surface area contributed by atoms with Crippen LogP contribution >= 0.6 is 0 Å². The van der Waals surface area contributed by atoms with E-state index >= 15 is 0 Å². The molecule has 1 aromatic carbocycles. The predicted molar refractivity (Wildman–Crippen MR) is 97.4 cm³/mol. The Kier molecular flexibility index (Phi) is 6.54. The summed E-state index contributed by atoms with van der Waals surface area (Å²) in [5.74, 6) is 0.282. The van der Waals surface area contributed by atoms with Gasteiger partial charge in [-0.25, -0.2) is 8.42 Å². The van der Waals surface area contributed by atoms with E-state index in [0.29, 0.717) is 25.6 Å². The van der Waals surface area contributed by atoms with Crippen molar-refractivity contribution in [1.29, 1.82) is 0 Å². The number of anilines is 1. The van der Waals surface area contributed by atoms with Gasteiger partial charge in [-0.05, 0) is 30.9 Å². The zero-order valence-corrected chi connectivity index (χ0v) is 15.7. The second-order valence-electron chi connectivity index (χ2n) is 6.43. The highest BCUT2D eigenvalue weighted by Gasteiger charge is 2.30. The number of nitro groups is 1. The Balaban J connectivity index is 2.18. The molecule has 1 aromatic rings. The van der Waals surface area contributed by atoms with Crippen LogP contribution in [0.4, 0.5) is 11.4 Å². The first-order valence-electron chi connectivity index (χ1n) is 8.48. The molecule has 1 fully saturated rings. The zero-order valence-electron chi connectivity index (χ0n) is 14.9. The van der Waals surface area contributed by atoms with Crippen LogP contribution in [0.3, 0.4) is 0 Å². The van der Waals surface area contributed by atoms with E-state index in [1.165, 1.54) is 23.4 Å². The first kappa shape index (κ1) is 20.1. The molecule has 0 aromatic heterocycles. The van der Waals surface area contributed by atoms with Crippen molar-refractivity contribution in [3.05, 3.63) is 28.3 Å². The quantitative estimate of drug-likeness (QED) is 0.418. The van der Waals surface area contributed by atoms with Gasteiger partial charge in [0, 0.05) is 39.2 Å². The molecule has 0 spiro atoms. The Labute approximate surface area is 153 Å². The summed E-state index contributed by atoms with van der Waals surface area (Å²) in [5.41, 5.74) is -0.0918. The molecule has 10 heteroatoms. The van der Waals surface area contributed by atoms with Gasteiger partial charge in [0.2, 0.25) is 15.9 Å². The van der Waals surface area contributed by atoms with Crippen LogP contribution in [0.1, 0.15) is 26.7 Å². The summed E-state index contributed by atoms with van der Waals surface area (Å²) in [4.78, 5) is 21.5. The Morgan fingerprint density at radius 3 is 2.54 bits per heavy atom. The molecule has 0 bridgehead atoms. The maximum absolute atomic E-state index is 12.8. The minimum absolute atomic E-state index is 0.0776. The third-order valence-corrected chi connectivity index (χ3v) is 6.26. The monoisotopic (exact) mass is 384 g/mol. The summed E-state index contributed by atoms with van der Waals surface area (Å²) in [6, 6.07) is 3.86. The van der Waals surface area contributed by atoms with Crippen molar-refractivity contribution in [2.24, 2.45) is 5.92 Å². The van der Waals surface area contributed by atoms with Crippen molar-refractivity contribution in [2.75, 3.05) is 31.5 Å². The van der Waals surface area contributed by atoms with Crippen molar-refractivity contribution in [1.82, 2.24) is 9.62 Å². The first-order chi connectivity index (χ1) is 12.2. The van der Waals surface area contributed by atoms with E-state index in [0.717, 1.165) is 18.9 Å². The third-order valence-electron chi connectivity index (χ3n) is 4.36. The summed E-state index contributed by atoms with van der Waals surface area (Å²) >= 11 is 0. The molecule has 1 aliphatic rings. The number of nitrogens with one attached hydrogen (secondary N) is 2. The number of hydrogen-bond donors (Lipinski definition) is 2. The molecule has 2 N–H and O–H groups in total. The van der Waals surface area contributed by atoms with Crippen LogP contribution in [-0.2, 0) is 14.8 Å². The van der Waals surface area contributed by atoms with Crippen LogP contribution in [0.5, 0.6) is 0 Å². The van der Waals surface area contributed by atoms with Gasteiger partial charge in [-0.2, -0.15) is 4.31 Å². The van der Waals surface area contributed by atoms with Crippen molar-refractivity contribution < 1.29 is 18.1 Å². The second-order valence-corrected chi connectivity index (χ2v) is 8.37. The van der Waals surface area contributed by atoms with Gasteiger partial charge in [0.1, 0.15) is 5.69 Å². The van der Waals surface area contributed by atoms with E-state index in [1.807, 2.05) is 0 Å². The molecule has 1 saturated heterocycles. The number of nitro benzene ring substituents is 1. The summed E-state index contributed by atoms with van der Waals surface area (Å²) in [6.07, 6.45) is 1.56. The van der Waals surface area contributed by atoms with Gasteiger partial charge in [0.25, 0.3) is 5.69 Å². The number of hydrogen-bond acceptors (Lipinski definition) is 6. The highest BCUT2D eigenvalue weighted by Crippen LogP contribution is 2.30. The van der Waals surface area contributed by atoms with E-state index in [-0.39, 0.29) is 28.7 Å². The zero-order chi connectivity index (χ0) is 19.3. The molecule has 0 saturated carbocycles. The minimum atomic E-state index is -3.75. The molecule has 9 nitrogen and oxygen atoms in total. The van der Waals surface area contributed by atoms with E-state index < -0.39 is 14.9 Å². The average molecular weight is 384 g/mol. The highest BCUT2D eigenvalue weighted by atomic mass is 32.2. The smallest absolute Gasteiger partial charge is 0.293 e. The van der Waals surface area contributed by atoms with E-state index in [1.54, 1.807) is 0 Å². The van der Waals surface area contributed by atoms with Gasteiger partial charge in [-0.3, -0.25) is 14.9 Å². The van der Waals surface area contributed by atoms with Gasteiger partial charge < -0.3 is 10.6 Å². The Bertz CT molecular complexity index is 773. The van der Waals surface area contributed by atoms with Gasteiger partial charge in [0.05, 0.1) is 9.82 Å². The molecular formula is C16H24N4O5S. The molecule has 1 heterocycles. The summed E-state index contributed by atoms with van der Waals surface area (Å²) in [5, 5.41) is 16.8. The Hall–Kier alpha value is -2.20. The van der Waals surface area contributed by atoms with Gasteiger partial charge >= 0.3 is 0 Å². The molecule has 26 heavy (non-hydrogen) atoms. The molecule has 1 aliphatic heterocycles. The molecule has 0 atom stereocenters. The van der Waals surface area contributed by atoms with Gasteiger partial charge in [0.15, 0.2) is 0 Å². The first-order valence-corrected chi connectivity index (χ1v) is 9.92. The van der Waals surface area contributed by atoms with Crippen molar-refractivity contribution in [2.45, 2.75) is 31.6 Å². The number of carbonyl (C=O) groups excluding carboxylic acids is 1. The lowest BCUT2D eigenvalue weighted by Crippen LogP contribution is -2.37. The SMILES string of the molecule is CC(=O)NCCNc1ccc(S(=O)(=O)N2CCC(C)CC2)cc1[N+](=O)[O-]. The molecule has 0 radical (unpaired) electrons. The predicted octanol–water partition coefficient (Wildman–Crippen LogP) is 1.56. The molecule has 0 unspecified atom stereocenters. The fourth-order valence-electron chi connectivity index (χ4n) is 2.78. The van der Waals surface area contributed by atoms with Crippen molar-refractivity contribution >= 4 is 27.3 Å². The van der Waals surface area contributed by atoms with Crippen LogP contribution in [0, 0.1) is 16.0 Å². The molecule has 1 amide bonds. The van der Waals surface area contributed by atoms with Crippen molar-refractivity contribution in [3.63, 3.8) is 0 Å². The molecule has 0 aliphatic carbocycles. The van der Waals surface area contributed by atoms with Crippen molar-refractivity contribution in [3.8, 4) is 0 Å². The molecular weight excluding hydrogens is 360 g/mol. The minimum Gasteiger partial charge on any atom is -0.378 e. The van der Waals surface area contributed by atoms with Crippen LogP contribution in [-0.4, -0.2) is 49.7 Å². The standard InChI is InChI=1S/C16H24N4O5S/c1-12-5-9-19(10-6-12)26(24,25)14-3-4-15(16(11-14)20(22)23)18-8-7-17-13(2)21/h3-4,11-12,18H,5-10H2,1-2H3,(H,17,21). The average Bonchev–Trinajstić information content (AvgIpc) is 2.58. The number of carbonyl (C=O) groups is 1. The maximum atomic E-state index is 12.8. The maximum Gasteiger partial charge on any atom is 0.293 e. The van der Waals surface area contributed by atoms with E-state index in [4.69, 9.17) is 0 Å². The Morgan fingerprint density at radius 1 is 1.31 bits per heavy atom. The number of piperidine rings is 1. The Morgan fingerprint density at radius 2 is 1.96 bits per heavy atom. The topological polar surface area (TPSA) is 122 Å². The number of amides is 1. The van der Waals surface area contributed by atoms with E-state index in [2.05, 4.69) is 17.6 Å². The third kappa shape index (κ3) is 4.92. The number of nitrogens with zero attached hydrogens (tertiary/aromatic N) is 2. The van der Waals surface area contributed by atoms with E-state index in [9.17, 15) is 23.3 Å². The van der Waals surface area contributed by atoms with Crippen LogP contribution in [0.2, 0.25) is 0 Å². The number of benzene rings is 1. The largest absolute Gasteiger partial charge is 0.378 e. The second kappa shape index (κ2) is 8.45. The normalized spacial score (nSPS) is 16.2. The lowest BCUT2D eigenvalue weighted by atomic mass is 10.0. The highest BCUT2D eigenvalue weighted by molar-refractivity contribution is 7.89. The lowest BCUT2D eigenvalue weighted by Gasteiger charge is -2.29. The summed E-state index contributed by atoms with van der Waals surface area (Å²) in [7, 11) is -3.75. The summed E-state index contributed by atoms with van der Waals surface area (Å²) < 4.78 is 26.9.